The van der Waals surface area contributed by atoms with Crippen LogP contribution in [0.1, 0.15) is 12.0 Å². The maximum Gasteiger partial charge on any atom is 0.246 e. The molecular formula is C13H12N2O2. The molecule has 0 bridgehead atoms. The molecule has 1 saturated heterocycles. The van der Waals surface area contributed by atoms with E-state index in [0.29, 0.717) is 13.0 Å². The minimum Gasteiger partial charge on any atom is -0.281 e. The summed E-state index contributed by atoms with van der Waals surface area (Å²) in [4.78, 5) is 24.7. The summed E-state index contributed by atoms with van der Waals surface area (Å²) >= 11 is 0. The van der Waals surface area contributed by atoms with Crippen molar-refractivity contribution in [1.29, 1.82) is 5.26 Å². The van der Waals surface area contributed by atoms with Gasteiger partial charge >= 0.3 is 0 Å². The van der Waals surface area contributed by atoms with Gasteiger partial charge in [0, 0.05) is 6.54 Å². The van der Waals surface area contributed by atoms with E-state index in [0.717, 1.165) is 5.56 Å². The highest BCUT2D eigenvalue weighted by molar-refractivity contribution is 5.99. The van der Waals surface area contributed by atoms with Crippen LogP contribution < -0.4 is 0 Å². The van der Waals surface area contributed by atoms with Crippen LogP contribution in [0.3, 0.4) is 0 Å². The fourth-order valence-corrected chi connectivity index (χ4v) is 1.91. The minimum atomic E-state index is -0.644. The molecule has 1 aromatic rings. The van der Waals surface area contributed by atoms with Crippen molar-refractivity contribution in [3.63, 3.8) is 0 Å². The first-order chi connectivity index (χ1) is 8.22. The van der Waals surface area contributed by atoms with E-state index >= 15 is 0 Å². The molecule has 1 atom stereocenters. The third-order valence-corrected chi connectivity index (χ3v) is 2.86. The van der Waals surface area contributed by atoms with Gasteiger partial charge in [-0.3, -0.25) is 14.5 Å². The zero-order valence-electron chi connectivity index (χ0n) is 9.30. The number of nitrogens with zero attached hydrogens (tertiary/aromatic N) is 2. The van der Waals surface area contributed by atoms with Gasteiger partial charge in [0.2, 0.25) is 11.8 Å². The molecule has 1 heterocycles. The Bertz CT molecular complexity index is 476. The highest BCUT2D eigenvalue weighted by Gasteiger charge is 2.35. The predicted octanol–water partition coefficient (Wildman–Crippen LogP) is 1.13. The summed E-state index contributed by atoms with van der Waals surface area (Å²) in [5, 5.41) is 8.72. The van der Waals surface area contributed by atoms with Crippen molar-refractivity contribution < 1.29 is 9.59 Å². The Morgan fingerprint density at radius 3 is 2.71 bits per heavy atom. The van der Waals surface area contributed by atoms with Crippen molar-refractivity contribution in [2.24, 2.45) is 5.92 Å². The molecule has 2 rings (SSSR count). The van der Waals surface area contributed by atoms with E-state index < -0.39 is 5.92 Å². The molecule has 1 aromatic carbocycles. The van der Waals surface area contributed by atoms with Crippen LogP contribution in [-0.4, -0.2) is 23.3 Å². The van der Waals surface area contributed by atoms with Gasteiger partial charge in [0.1, 0.15) is 5.92 Å². The summed E-state index contributed by atoms with van der Waals surface area (Å²) in [6, 6.07) is 11.2. The van der Waals surface area contributed by atoms with Crippen LogP contribution in [0.25, 0.3) is 0 Å². The van der Waals surface area contributed by atoms with Crippen molar-refractivity contribution in [2.75, 3.05) is 6.54 Å². The van der Waals surface area contributed by atoms with Crippen LogP contribution in [0.4, 0.5) is 0 Å². The normalized spacial score (nSPS) is 19.1. The van der Waals surface area contributed by atoms with Gasteiger partial charge in [-0.1, -0.05) is 30.3 Å². The molecule has 1 unspecified atom stereocenters. The van der Waals surface area contributed by atoms with E-state index in [-0.39, 0.29) is 18.2 Å². The van der Waals surface area contributed by atoms with Gasteiger partial charge in [-0.05, 0) is 12.0 Å². The summed E-state index contributed by atoms with van der Waals surface area (Å²) in [6.07, 6.45) is 0.667. The van der Waals surface area contributed by atoms with Gasteiger partial charge < -0.3 is 0 Å². The standard InChI is InChI=1S/C13H12N2O2/c14-9-11-6-7-15(13(11)17)12(16)8-10-4-2-1-3-5-10/h1-5,11H,6-8H2. The first-order valence-corrected chi connectivity index (χ1v) is 5.50. The molecule has 86 valence electrons. The number of hydrogen-bond donors (Lipinski definition) is 0. The van der Waals surface area contributed by atoms with E-state index in [1.165, 1.54) is 4.90 Å². The molecule has 1 aliphatic heterocycles. The highest BCUT2D eigenvalue weighted by atomic mass is 16.2. The number of benzene rings is 1. The average Bonchev–Trinajstić information content (AvgIpc) is 2.71. The maximum absolute atomic E-state index is 11.9. The molecule has 2 amide bonds. The van der Waals surface area contributed by atoms with Crippen LogP contribution in [0, 0.1) is 17.2 Å². The average molecular weight is 228 g/mol. The van der Waals surface area contributed by atoms with E-state index in [1.807, 2.05) is 36.4 Å². The first kappa shape index (κ1) is 11.3. The number of hydrogen-bond acceptors (Lipinski definition) is 3. The van der Waals surface area contributed by atoms with E-state index in [1.54, 1.807) is 0 Å². The summed E-state index contributed by atoms with van der Waals surface area (Å²) in [7, 11) is 0. The second-order valence-corrected chi connectivity index (χ2v) is 4.02. The minimum absolute atomic E-state index is 0.213. The lowest BCUT2D eigenvalue weighted by molar-refractivity contribution is -0.142. The summed E-state index contributed by atoms with van der Waals surface area (Å²) in [5.74, 6) is -1.22. The van der Waals surface area contributed by atoms with Crippen LogP contribution in [0.5, 0.6) is 0 Å². The molecule has 4 heteroatoms. The van der Waals surface area contributed by atoms with Gasteiger partial charge in [0.25, 0.3) is 0 Å². The smallest absolute Gasteiger partial charge is 0.246 e. The van der Waals surface area contributed by atoms with Crippen molar-refractivity contribution in [3.8, 4) is 6.07 Å². The number of likely N-dealkylation sites (tertiary alicyclic amines) is 1. The molecule has 4 nitrogen and oxygen atoms in total. The van der Waals surface area contributed by atoms with Crippen LogP contribution in [0.15, 0.2) is 30.3 Å². The van der Waals surface area contributed by atoms with Crippen molar-refractivity contribution >= 4 is 11.8 Å². The van der Waals surface area contributed by atoms with Gasteiger partial charge in [-0.25, -0.2) is 0 Å². The topological polar surface area (TPSA) is 61.2 Å². The molecule has 0 aromatic heterocycles. The maximum atomic E-state index is 11.9. The van der Waals surface area contributed by atoms with Gasteiger partial charge in [0.05, 0.1) is 12.5 Å². The monoisotopic (exact) mass is 228 g/mol. The molecule has 0 spiro atoms. The van der Waals surface area contributed by atoms with Gasteiger partial charge in [-0.2, -0.15) is 5.26 Å². The molecule has 0 N–H and O–H groups in total. The van der Waals surface area contributed by atoms with E-state index in [9.17, 15) is 9.59 Å². The molecule has 0 radical (unpaired) electrons. The molecular weight excluding hydrogens is 216 g/mol. The van der Waals surface area contributed by atoms with Gasteiger partial charge in [0.15, 0.2) is 0 Å². The molecule has 1 aliphatic rings. The first-order valence-electron chi connectivity index (χ1n) is 5.50. The zero-order valence-corrected chi connectivity index (χ0v) is 9.30. The fourth-order valence-electron chi connectivity index (χ4n) is 1.91. The SMILES string of the molecule is N#CC1CCN(C(=O)Cc2ccccc2)C1=O. The lowest BCUT2D eigenvalue weighted by atomic mass is 10.1. The number of amides is 2. The van der Waals surface area contributed by atoms with Crippen molar-refractivity contribution in [3.05, 3.63) is 35.9 Å². The number of carbonyl (C=O) groups is 2. The Hall–Kier alpha value is -2.15. The quantitative estimate of drug-likeness (QED) is 0.762. The Morgan fingerprint density at radius 1 is 1.41 bits per heavy atom. The molecule has 1 fully saturated rings. The van der Waals surface area contributed by atoms with E-state index in [4.69, 9.17) is 5.26 Å². The zero-order chi connectivity index (χ0) is 12.3. The lowest BCUT2D eigenvalue weighted by Gasteiger charge is -2.13. The Morgan fingerprint density at radius 2 is 2.12 bits per heavy atom. The Labute approximate surface area is 99.5 Å². The largest absolute Gasteiger partial charge is 0.281 e. The third-order valence-electron chi connectivity index (χ3n) is 2.86. The van der Waals surface area contributed by atoms with Crippen LogP contribution in [0.2, 0.25) is 0 Å². The highest BCUT2D eigenvalue weighted by Crippen LogP contribution is 2.18. The lowest BCUT2D eigenvalue weighted by Crippen LogP contribution is -2.34. The number of imide groups is 1. The number of nitriles is 1. The number of carbonyl (C=O) groups excluding carboxylic acids is 2. The second kappa shape index (κ2) is 4.79. The van der Waals surface area contributed by atoms with E-state index in [2.05, 4.69) is 0 Å². The van der Waals surface area contributed by atoms with Crippen molar-refractivity contribution in [2.45, 2.75) is 12.8 Å². The third kappa shape index (κ3) is 2.34. The Kier molecular flexibility index (Phi) is 3.20. The summed E-state index contributed by atoms with van der Waals surface area (Å²) in [6.45, 7) is 0.364. The molecule has 17 heavy (non-hydrogen) atoms. The summed E-state index contributed by atoms with van der Waals surface area (Å²) in [5.41, 5.74) is 0.880. The second-order valence-electron chi connectivity index (χ2n) is 4.02. The van der Waals surface area contributed by atoms with Crippen molar-refractivity contribution in [1.82, 2.24) is 4.90 Å². The molecule has 0 aliphatic carbocycles. The predicted molar refractivity (Wildman–Crippen MR) is 60.6 cm³/mol. The Balaban J connectivity index is 2.03. The fraction of sp³-hybridized carbons (Fsp3) is 0.308. The van der Waals surface area contributed by atoms with Crippen LogP contribution >= 0.6 is 0 Å². The van der Waals surface area contributed by atoms with Gasteiger partial charge in [-0.15, -0.1) is 0 Å². The summed E-state index contributed by atoms with van der Waals surface area (Å²) < 4.78 is 0. The molecule has 0 saturated carbocycles. The van der Waals surface area contributed by atoms with Crippen LogP contribution in [-0.2, 0) is 16.0 Å². The number of rotatable bonds is 2.